The van der Waals surface area contributed by atoms with Gasteiger partial charge in [-0.05, 0) is 36.0 Å². The van der Waals surface area contributed by atoms with Crippen LogP contribution in [0.5, 0.6) is 0 Å². The molecule has 0 radical (unpaired) electrons. The van der Waals surface area contributed by atoms with Gasteiger partial charge in [-0.15, -0.1) is 0 Å². The Hall–Kier alpha value is -2.05. The molecule has 7 nitrogen and oxygen atoms in total. The van der Waals surface area contributed by atoms with E-state index in [-0.39, 0.29) is 5.82 Å². The fourth-order valence-corrected chi connectivity index (χ4v) is 1.54. The van der Waals surface area contributed by atoms with Crippen LogP contribution in [-0.4, -0.2) is 16.1 Å². The zero-order valence-corrected chi connectivity index (χ0v) is 8.86. The number of nitrogens with two attached hydrogens (primary N) is 2. The number of nitrogens with one attached hydrogen (secondary N) is 2. The topological polar surface area (TPSA) is 117 Å². The van der Waals surface area contributed by atoms with Gasteiger partial charge in [-0.1, -0.05) is 6.08 Å². The van der Waals surface area contributed by atoms with Gasteiger partial charge in [0.15, 0.2) is 0 Å². The number of nitrogen functional groups attached to an aromatic ring is 2. The van der Waals surface area contributed by atoms with Crippen molar-refractivity contribution in [2.75, 3.05) is 5.73 Å². The third kappa shape index (κ3) is 2.30. The highest BCUT2D eigenvalue weighted by molar-refractivity contribution is 5.94. The van der Waals surface area contributed by atoms with Crippen LogP contribution in [0.25, 0.3) is 0 Å². The van der Waals surface area contributed by atoms with E-state index >= 15 is 0 Å². The molecule has 0 saturated carbocycles. The van der Waals surface area contributed by atoms with E-state index in [1.807, 2.05) is 0 Å². The summed E-state index contributed by atoms with van der Waals surface area (Å²) < 4.78 is 4.45. The third-order valence-corrected chi connectivity index (χ3v) is 2.42. The van der Waals surface area contributed by atoms with E-state index < -0.39 is 0 Å². The maximum Gasteiger partial charge on any atom is 0.322 e. The van der Waals surface area contributed by atoms with Gasteiger partial charge in [0.25, 0.3) is 0 Å². The summed E-state index contributed by atoms with van der Waals surface area (Å²) in [4.78, 5) is 0. The van der Waals surface area contributed by atoms with Crippen molar-refractivity contribution in [3.63, 3.8) is 0 Å². The highest BCUT2D eigenvalue weighted by atomic mass is 16.6. The highest BCUT2D eigenvalue weighted by Crippen LogP contribution is 2.13. The van der Waals surface area contributed by atoms with Crippen LogP contribution in [0.3, 0.4) is 0 Å². The quantitative estimate of drug-likeness (QED) is 0.278. The number of amidine groups is 1. The number of rotatable bonds is 3. The van der Waals surface area contributed by atoms with E-state index in [1.54, 1.807) is 0 Å². The summed E-state index contributed by atoms with van der Waals surface area (Å²) in [6, 6.07) is 0. The minimum Gasteiger partial charge on any atom is -0.379 e. The molecule has 6 N–H and O–H groups in total. The van der Waals surface area contributed by atoms with Gasteiger partial charge in [0.1, 0.15) is 0 Å². The monoisotopic (exact) mass is 223 g/mol. The van der Waals surface area contributed by atoms with Crippen LogP contribution in [0.15, 0.2) is 16.4 Å². The molecule has 1 aliphatic carbocycles. The van der Waals surface area contributed by atoms with Crippen LogP contribution in [0.4, 0.5) is 5.82 Å². The Balaban J connectivity index is 2.02. The van der Waals surface area contributed by atoms with Crippen molar-refractivity contribution in [2.45, 2.75) is 25.7 Å². The summed E-state index contributed by atoms with van der Waals surface area (Å²) in [6.45, 7) is 0. The summed E-state index contributed by atoms with van der Waals surface area (Å²) in [7, 11) is 0. The van der Waals surface area contributed by atoms with Crippen molar-refractivity contribution in [3.8, 4) is 0 Å². The molecule has 1 aromatic rings. The molecule has 2 rings (SSSR count). The van der Waals surface area contributed by atoms with E-state index in [0.717, 1.165) is 18.5 Å². The van der Waals surface area contributed by atoms with E-state index in [4.69, 9.17) is 11.5 Å². The summed E-state index contributed by atoms with van der Waals surface area (Å²) in [5.74, 6) is 0.467. The van der Waals surface area contributed by atoms with Gasteiger partial charge in [-0.3, -0.25) is 5.73 Å². The van der Waals surface area contributed by atoms with Crippen LogP contribution in [0, 0.1) is 0 Å². The molecule has 16 heavy (non-hydrogen) atoms. The maximum atomic E-state index is 5.73. The predicted octanol–water partition coefficient (Wildman–Crippen LogP) is -1.60. The first kappa shape index (κ1) is 10.5. The van der Waals surface area contributed by atoms with E-state index in [2.05, 4.69) is 31.5 Å². The SMILES string of the molecule is NC(=[NH+]NC1=CCCCC1)c1nonc1N. The molecule has 1 aromatic heterocycles. The molecule has 0 aromatic carbocycles. The fraction of sp³-hybridized carbons (Fsp3) is 0.444. The summed E-state index contributed by atoms with van der Waals surface area (Å²) in [5, 5.41) is 9.85. The summed E-state index contributed by atoms with van der Waals surface area (Å²) in [6.07, 6.45) is 6.69. The highest BCUT2D eigenvalue weighted by Gasteiger charge is 2.15. The lowest BCUT2D eigenvalue weighted by Gasteiger charge is -2.09. The number of hydrazone groups is 1. The van der Waals surface area contributed by atoms with E-state index in [9.17, 15) is 0 Å². The predicted molar refractivity (Wildman–Crippen MR) is 57.7 cm³/mol. The first-order chi connectivity index (χ1) is 7.77. The Morgan fingerprint density at radius 2 is 2.31 bits per heavy atom. The van der Waals surface area contributed by atoms with Gasteiger partial charge in [0, 0.05) is 5.70 Å². The molecule has 0 amide bonds. The Labute approximate surface area is 92.5 Å². The number of hydrazine groups is 1. The second-order valence-electron chi connectivity index (χ2n) is 3.64. The van der Waals surface area contributed by atoms with Crippen molar-refractivity contribution in [1.29, 1.82) is 0 Å². The summed E-state index contributed by atoms with van der Waals surface area (Å²) in [5.41, 5.74) is 15.7. The molecule has 1 heterocycles. The number of aromatic nitrogens is 2. The zero-order chi connectivity index (χ0) is 11.4. The second-order valence-corrected chi connectivity index (χ2v) is 3.64. The third-order valence-electron chi connectivity index (χ3n) is 2.42. The van der Waals surface area contributed by atoms with Gasteiger partial charge < -0.3 is 5.73 Å². The first-order valence-electron chi connectivity index (χ1n) is 5.19. The minimum atomic E-state index is 0.171. The van der Waals surface area contributed by atoms with Gasteiger partial charge in [0.05, 0.1) is 0 Å². The van der Waals surface area contributed by atoms with Crippen LogP contribution >= 0.6 is 0 Å². The van der Waals surface area contributed by atoms with Gasteiger partial charge in [-0.25, -0.2) is 10.1 Å². The van der Waals surface area contributed by atoms with Crippen molar-refractivity contribution >= 4 is 11.7 Å². The van der Waals surface area contributed by atoms with Crippen molar-refractivity contribution in [3.05, 3.63) is 17.5 Å². The molecule has 86 valence electrons. The second kappa shape index (κ2) is 4.65. The smallest absolute Gasteiger partial charge is 0.322 e. The molecule has 0 aliphatic heterocycles. The fourth-order valence-electron chi connectivity index (χ4n) is 1.54. The first-order valence-corrected chi connectivity index (χ1v) is 5.19. The zero-order valence-electron chi connectivity index (χ0n) is 8.86. The van der Waals surface area contributed by atoms with Crippen LogP contribution in [0.1, 0.15) is 31.4 Å². The number of anilines is 1. The molecule has 0 spiro atoms. The van der Waals surface area contributed by atoms with Gasteiger partial charge in [0.2, 0.25) is 11.5 Å². The average molecular weight is 223 g/mol. The van der Waals surface area contributed by atoms with Crippen LogP contribution in [0.2, 0.25) is 0 Å². The standard InChI is InChI=1S/C9H14N6O/c10-8(7-9(11)15-16-14-7)13-12-6-4-2-1-3-5-6/h4,12H,1-3,5H2,(H2,10,13)(H2,11,15)/p+1. The van der Waals surface area contributed by atoms with Crippen molar-refractivity contribution < 1.29 is 9.73 Å². The van der Waals surface area contributed by atoms with Crippen molar-refractivity contribution in [1.82, 2.24) is 15.7 Å². The van der Waals surface area contributed by atoms with Gasteiger partial charge in [-0.2, -0.15) is 5.10 Å². The largest absolute Gasteiger partial charge is 0.379 e. The molecule has 0 bridgehead atoms. The Kier molecular flexibility index (Phi) is 3.04. The molecular weight excluding hydrogens is 208 g/mol. The Morgan fingerprint density at radius 3 is 2.94 bits per heavy atom. The maximum absolute atomic E-state index is 5.73. The molecule has 0 atom stereocenters. The molecule has 7 heteroatoms. The number of nitrogens with zero attached hydrogens (tertiary/aromatic N) is 2. The van der Waals surface area contributed by atoms with Gasteiger partial charge >= 0.3 is 5.84 Å². The Morgan fingerprint density at radius 1 is 1.44 bits per heavy atom. The van der Waals surface area contributed by atoms with E-state index in [0.29, 0.717) is 11.5 Å². The number of hydrogen-bond acceptors (Lipinski definition) is 5. The lowest BCUT2D eigenvalue weighted by molar-refractivity contribution is -0.518. The minimum absolute atomic E-state index is 0.171. The van der Waals surface area contributed by atoms with Crippen LogP contribution < -0.4 is 22.0 Å². The Bertz CT molecular complexity index is 421. The number of hydrogen-bond donors (Lipinski definition) is 4. The average Bonchev–Trinajstić information content (AvgIpc) is 2.74. The molecule has 1 aliphatic rings. The molecule has 0 fully saturated rings. The van der Waals surface area contributed by atoms with Crippen LogP contribution in [-0.2, 0) is 0 Å². The molecule has 0 saturated heterocycles. The number of allylic oxidation sites excluding steroid dienone is 2. The van der Waals surface area contributed by atoms with Crippen molar-refractivity contribution in [2.24, 2.45) is 5.73 Å². The normalized spacial score (nSPS) is 17.0. The lowest BCUT2D eigenvalue weighted by Crippen LogP contribution is -2.84. The van der Waals surface area contributed by atoms with E-state index in [1.165, 1.54) is 12.8 Å². The summed E-state index contributed by atoms with van der Waals surface area (Å²) >= 11 is 0. The molecule has 0 unspecified atom stereocenters. The molecular formula is C9H15N6O+. The lowest BCUT2D eigenvalue weighted by atomic mass is 10.1.